The van der Waals surface area contributed by atoms with Crippen LogP contribution in [-0.2, 0) is 17.5 Å². The number of amides is 1. The molecule has 2 heterocycles. The lowest BCUT2D eigenvalue weighted by atomic mass is 10.2. The number of nitrogens with one attached hydrogen (secondary N) is 1. The lowest BCUT2D eigenvalue weighted by molar-refractivity contribution is 0.0977. The predicted octanol–water partition coefficient (Wildman–Crippen LogP) is 1.93. The lowest BCUT2D eigenvalue weighted by Gasteiger charge is -2.10. The summed E-state index contributed by atoms with van der Waals surface area (Å²) >= 11 is 0. The van der Waals surface area contributed by atoms with Gasteiger partial charge < -0.3 is 4.74 Å². The molecule has 1 amide bonds. The van der Waals surface area contributed by atoms with Crippen LogP contribution < -0.4 is 9.46 Å². The summed E-state index contributed by atoms with van der Waals surface area (Å²) in [5.74, 6) is -1.11. The highest BCUT2D eigenvalue weighted by atomic mass is 32.2. The van der Waals surface area contributed by atoms with E-state index in [0.717, 1.165) is 5.56 Å². The molecule has 0 aliphatic heterocycles. The van der Waals surface area contributed by atoms with E-state index in [9.17, 15) is 13.4 Å². The molecule has 0 radical (unpaired) electrons. The Hall–Kier alpha value is -3.07. The van der Waals surface area contributed by atoms with Gasteiger partial charge in [0.1, 0.15) is 11.5 Å². The first-order chi connectivity index (χ1) is 12.6. The van der Waals surface area contributed by atoms with Crippen LogP contribution in [0.1, 0.15) is 16.1 Å². The molecule has 0 bridgehead atoms. The molecular formula is C17H15FN4O3S. The highest BCUT2D eigenvalue weighted by Crippen LogP contribution is 2.17. The molecule has 1 aromatic carbocycles. The number of nitrogens with zero attached hydrogens (tertiary/aromatic N) is 3. The normalized spacial score (nSPS) is 11.8. The summed E-state index contributed by atoms with van der Waals surface area (Å²) in [6.07, 6.45) is 3.44. The Morgan fingerprint density at radius 1 is 1.27 bits per heavy atom. The summed E-state index contributed by atoms with van der Waals surface area (Å²) in [5.41, 5.74) is 0.735. The molecule has 0 aliphatic rings. The average molecular weight is 374 g/mol. The SMILES string of the molecule is COc1nc(C(=O)NS(=O)c2ccccc2F)ccc1Cn1cccn1. The van der Waals surface area contributed by atoms with Gasteiger partial charge in [-0.05, 0) is 30.3 Å². The molecule has 3 aromatic rings. The van der Waals surface area contributed by atoms with E-state index in [0.29, 0.717) is 6.54 Å². The maximum atomic E-state index is 13.7. The van der Waals surface area contributed by atoms with E-state index in [1.54, 1.807) is 29.2 Å². The first-order valence-corrected chi connectivity index (χ1v) is 8.72. The van der Waals surface area contributed by atoms with Crippen LogP contribution in [0.25, 0.3) is 0 Å². The van der Waals surface area contributed by atoms with Crippen LogP contribution in [0.4, 0.5) is 4.39 Å². The molecule has 0 saturated carbocycles. The molecule has 1 unspecified atom stereocenters. The third kappa shape index (κ3) is 3.94. The quantitative estimate of drug-likeness (QED) is 0.712. The highest BCUT2D eigenvalue weighted by Gasteiger charge is 2.17. The summed E-state index contributed by atoms with van der Waals surface area (Å²) in [4.78, 5) is 16.3. The number of benzene rings is 1. The van der Waals surface area contributed by atoms with Crippen LogP contribution in [0.3, 0.4) is 0 Å². The van der Waals surface area contributed by atoms with Crippen LogP contribution >= 0.6 is 0 Å². The summed E-state index contributed by atoms with van der Waals surface area (Å²) in [7, 11) is -0.596. The number of ether oxygens (including phenoxy) is 1. The molecule has 134 valence electrons. The smallest absolute Gasteiger partial charge is 0.281 e. The van der Waals surface area contributed by atoms with Crippen molar-refractivity contribution in [3.63, 3.8) is 0 Å². The molecule has 2 aromatic heterocycles. The second kappa shape index (κ2) is 7.87. The Labute approximate surface area is 151 Å². The number of halogens is 1. The van der Waals surface area contributed by atoms with Gasteiger partial charge in [-0.1, -0.05) is 12.1 Å². The van der Waals surface area contributed by atoms with E-state index in [-0.39, 0.29) is 16.5 Å². The van der Waals surface area contributed by atoms with E-state index < -0.39 is 22.7 Å². The second-order valence-electron chi connectivity index (χ2n) is 5.20. The topological polar surface area (TPSA) is 86.1 Å². The van der Waals surface area contributed by atoms with Crippen molar-refractivity contribution in [2.24, 2.45) is 0 Å². The van der Waals surface area contributed by atoms with Crippen molar-refractivity contribution in [2.45, 2.75) is 11.4 Å². The molecule has 0 fully saturated rings. The van der Waals surface area contributed by atoms with Crippen molar-refractivity contribution in [1.29, 1.82) is 0 Å². The van der Waals surface area contributed by atoms with Gasteiger partial charge >= 0.3 is 0 Å². The van der Waals surface area contributed by atoms with E-state index >= 15 is 0 Å². The number of hydrogen-bond acceptors (Lipinski definition) is 5. The zero-order valence-electron chi connectivity index (χ0n) is 13.8. The third-order valence-electron chi connectivity index (χ3n) is 3.48. The zero-order valence-corrected chi connectivity index (χ0v) is 14.6. The van der Waals surface area contributed by atoms with E-state index in [2.05, 4.69) is 14.8 Å². The Balaban J connectivity index is 1.77. The Morgan fingerprint density at radius 3 is 2.77 bits per heavy atom. The van der Waals surface area contributed by atoms with Gasteiger partial charge in [0.15, 0.2) is 11.0 Å². The largest absolute Gasteiger partial charge is 0.481 e. The van der Waals surface area contributed by atoms with Gasteiger partial charge in [0.2, 0.25) is 5.88 Å². The van der Waals surface area contributed by atoms with Crippen LogP contribution in [0.5, 0.6) is 5.88 Å². The highest BCUT2D eigenvalue weighted by molar-refractivity contribution is 7.83. The van der Waals surface area contributed by atoms with Crippen molar-refractivity contribution in [3.8, 4) is 5.88 Å². The number of aromatic nitrogens is 3. The maximum absolute atomic E-state index is 13.7. The van der Waals surface area contributed by atoms with Gasteiger partial charge in [-0.15, -0.1) is 0 Å². The maximum Gasteiger partial charge on any atom is 0.281 e. The van der Waals surface area contributed by atoms with Crippen LogP contribution in [0.15, 0.2) is 59.8 Å². The fourth-order valence-electron chi connectivity index (χ4n) is 2.25. The monoisotopic (exact) mass is 374 g/mol. The Bertz CT molecular complexity index is 947. The van der Waals surface area contributed by atoms with Gasteiger partial charge in [0.05, 0.1) is 18.6 Å². The number of carbonyl (C=O) groups excluding carboxylic acids is 1. The van der Waals surface area contributed by atoms with Crippen molar-refractivity contribution < 1.29 is 18.1 Å². The first kappa shape index (κ1) is 17.7. The standard InChI is InChI=1S/C17H15FN4O3S/c1-25-17-12(11-22-10-4-9-19-22)7-8-14(20-17)16(23)21-26(24)15-6-3-2-5-13(15)18/h2-10H,11H2,1H3,(H,21,23). The molecule has 1 atom stereocenters. The number of methoxy groups -OCH3 is 1. The van der Waals surface area contributed by atoms with Gasteiger partial charge in [-0.25, -0.2) is 13.6 Å². The summed E-state index contributed by atoms with van der Waals surface area (Å²) < 4.78 is 34.9. The minimum Gasteiger partial charge on any atom is -0.481 e. The number of carbonyl (C=O) groups is 1. The van der Waals surface area contributed by atoms with Crippen molar-refractivity contribution in [3.05, 3.63) is 71.9 Å². The van der Waals surface area contributed by atoms with Gasteiger partial charge in [0.25, 0.3) is 5.91 Å². The summed E-state index contributed by atoms with van der Waals surface area (Å²) in [6.45, 7) is 0.423. The molecule has 1 N–H and O–H groups in total. The number of hydrogen-bond donors (Lipinski definition) is 1. The predicted molar refractivity (Wildman–Crippen MR) is 92.4 cm³/mol. The molecule has 9 heteroatoms. The average Bonchev–Trinajstić information content (AvgIpc) is 3.15. The molecule has 3 rings (SSSR count). The Morgan fingerprint density at radius 2 is 2.08 bits per heavy atom. The van der Waals surface area contributed by atoms with Crippen LogP contribution in [0.2, 0.25) is 0 Å². The number of pyridine rings is 1. The van der Waals surface area contributed by atoms with Gasteiger partial charge in [-0.2, -0.15) is 5.10 Å². The summed E-state index contributed by atoms with van der Waals surface area (Å²) in [6, 6.07) is 10.5. The third-order valence-corrected chi connectivity index (χ3v) is 4.58. The molecule has 0 saturated heterocycles. The van der Waals surface area contributed by atoms with E-state index in [4.69, 9.17) is 4.74 Å². The van der Waals surface area contributed by atoms with Crippen molar-refractivity contribution in [2.75, 3.05) is 7.11 Å². The molecule has 26 heavy (non-hydrogen) atoms. The van der Waals surface area contributed by atoms with Crippen LogP contribution in [-0.4, -0.2) is 32.0 Å². The van der Waals surface area contributed by atoms with E-state index in [1.165, 1.54) is 37.4 Å². The molecule has 0 aliphatic carbocycles. The minimum atomic E-state index is -2.04. The van der Waals surface area contributed by atoms with E-state index in [1.807, 2.05) is 0 Å². The fourth-order valence-corrected chi connectivity index (χ4v) is 3.08. The van der Waals surface area contributed by atoms with Crippen molar-refractivity contribution >= 4 is 16.9 Å². The minimum absolute atomic E-state index is 0.00996. The molecule has 7 nitrogen and oxygen atoms in total. The summed E-state index contributed by atoms with van der Waals surface area (Å²) in [5, 5.41) is 4.10. The molecule has 0 spiro atoms. The Kier molecular flexibility index (Phi) is 5.37. The second-order valence-corrected chi connectivity index (χ2v) is 6.38. The van der Waals surface area contributed by atoms with Gasteiger partial charge in [0, 0.05) is 18.0 Å². The van der Waals surface area contributed by atoms with Crippen molar-refractivity contribution in [1.82, 2.24) is 19.5 Å². The molecular weight excluding hydrogens is 359 g/mol. The number of rotatable bonds is 6. The first-order valence-electron chi connectivity index (χ1n) is 7.57. The zero-order chi connectivity index (χ0) is 18.5. The lowest BCUT2D eigenvalue weighted by Crippen LogP contribution is -2.27. The van der Waals surface area contributed by atoms with Gasteiger partial charge in [-0.3, -0.25) is 14.2 Å². The fraction of sp³-hybridized carbons (Fsp3) is 0.118. The van der Waals surface area contributed by atoms with Crippen LogP contribution in [0, 0.1) is 5.82 Å².